The normalized spacial score (nSPS) is 16.6. The molecule has 2 N–H and O–H groups in total. The quantitative estimate of drug-likeness (QED) is 0.851. The third-order valence-corrected chi connectivity index (χ3v) is 4.31. The van der Waals surface area contributed by atoms with Crippen LogP contribution in [0.2, 0.25) is 0 Å². The van der Waals surface area contributed by atoms with Gasteiger partial charge in [0.25, 0.3) is 11.5 Å². The summed E-state index contributed by atoms with van der Waals surface area (Å²) in [7, 11) is 0. The maximum absolute atomic E-state index is 12.2. The molecular formula is C16H17BrN2O4. The number of hydrogen-bond acceptors (Lipinski definition) is 4. The Kier molecular flexibility index (Phi) is 4.52. The monoisotopic (exact) mass is 380 g/mol. The molecule has 122 valence electrons. The Labute approximate surface area is 141 Å². The molecule has 6 nitrogen and oxygen atoms in total. The van der Waals surface area contributed by atoms with E-state index in [2.05, 4.69) is 26.2 Å². The van der Waals surface area contributed by atoms with Gasteiger partial charge in [-0.25, -0.2) is 0 Å². The molecule has 1 aromatic heterocycles. The first-order chi connectivity index (χ1) is 11.0. The zero-order valence-corrected chi connectivity index (χ0v) is 14.2. The van der Waals surface area contributed by atoms with Gasteiger partial charge < -0.3 is 19.8 Å². The minimum Gasteiger partial charge on any atom is -0.352 e. The van der Waals surface area contributed by atoms with E-state index >= 15 is 0 Å². The first kappa shape index (κ1) is 16.2. The SMILES string of the molecule is CC1(CCNC(=O)c2cc3cc(Br)ccc3[nH]c2=O)OCCO1. The fourth-order valence-electron chi connectivity index (χ4n) is 2.55. The van der Waals surface area contributed by atoms with Gasteiger partial charge in [0.05, 0.1) is 13.2 Å². The van der Waals surface area contributed by atoms with Gasteiger partial charge >= 0.3 is 0 Å². The van der Waals surface area contributed by atoms with E-state index in [9.17, 15) is 9.59 Å². The van der Waals surface area contributed by atoms with E-state index in [-0.39, 0.29) is 5.56 Å². The number of halogens is 1. The summed E-state index contributed by atoms with van der Waals surface area (Å²) in [4.78, 5) is 27.0. The number of aromatic amines is 1. The van der Waals surface area contributed by atoms with Gasteiger partial charge in [0, 0.05) is 28.3 Å². The number of H-pyrrole nitrogens is 1. The van der Waals surface area contributed by atoms with E-state index in [1.165, 1.54) is 0 Å². The molecule has 1 aliphatic heterocycles. The molecule has 0 bridgehead atoms. The van der Waals surface area contributed by atoms with Crippen LogP contribution in [0, 0.1) is 0 Å². The number of amides is 1. The van der Waals surface area contributed by atoms with Crippen molar-refractivity contribution in [3.05, 3.63) is 44.7 Å². The molecule has 0 radical (unpaired) electrons. The Morgan fingerprint density at radius 3 is 2.83 bits per heavy atom. The molecule has 0 aliphatic carbocycles. The van der Waals surface area contributed by atoms with Crippen molar-refractivity contribution in [2.75, 3.05) is 19.8 Å². The van der Waals surface area contributed by atoms with Gasteiger partial charge in [-0.05, 0) is 31.2 Å². The van der Waals surface area contributed by atoms with Crippen molar-refractivity contribution < 1.29 is 14.3 Å². The number of rotatable bonds is 4. The minimum atomic E-state index is -0.659. The number of ether oxygens (including phenoxy) is 2. The Morgan fingerprint density at radius 2 is 2.09 bits per heavy atom. The molecule has 1 aliphatic rings. The van der Waals surface area contributed by atoms with Gasteiger partial charge in [-0.15, -0.1) is 0 Å². The first-order valence-electron chi connectivity index (χ1n) is 7.36. The van der Waals surface area contributed by atoms with E-state index in [0.717, 1.165) is 9.86 Å². The Bertz CT molecular complexity index is 796. The summed E-state index contributed by atoms with van der Waals surface area (Å²) < 4.78 is 11.8. The van der Waals surface area contributed by atoms with Crippen LogP contribution >= 0.6 is 15.9 Å². The van der Waals surface area contributed by atoms with Crippen LogP contribution in [0.5, 0.6) is 0 Å². The second-order valence-corrected chi connectivity index (χ2v) is 6.50. The summed E-state index contributed by atoms with van der Waals surface area (Å²) >= 11 is 3.38. The molecule has 1 aromatic carbocycles. The smallest absolute Gasteiger partial charge is 0.261 e. The van der Waals surface area contributed by atoms with Crippen LogP contribution in [0.15, 0.2) is 33.5 Å². The van der Waals surface area contributed by atoms with Gasteiger partial charge in [-0.1, -0.05) is 15.9 Å². The number of hydrogen-bond donors (Lipinski definition) is 2. The molecule has 7 heteroatoms. The number of aromatic nitrogens is 1. The number of fused-ring (bicyclic) bond motifs is 1. The average Bonchev–Trinajstić information content (AvgIpc) is 2.93. The molecule has 3 rings (SSSR count). The lowest BCUT2D eigenvalue weighted by atomic mass is 10.1. The first-order valence-corrected chi connectivity index (χ1v) is 8.15. The standard InChI is InChI=1S/C16H17BrN2O4/c1-16(22-6-7-23-16)4-5-18-14(20)12-9-10-8-11(17)2-3-13(10)19-15(12)21/h2-3,8-9H,4-7H2,1H3,(H,18,20)(H,19,21). The third kappa shape index (κ3) is 3.63. The highest BCUT2D eigenvalue weighted by molar-refractivity contribution is 9.10. The maximum Gasteiger partial charge on any atom is 0.261 e. The third-order valence-electron chi connectivity index (χ3n) is 3.81. The van der Waals surface area contributed by atoms with Crippen LogP contribution in [0.4, 0.5) is 0 Å². The molecule has 2 aromatic rings. The van der Waals surface area contributed by atoms with Crippen LogP contribution in [0.25, 0.3) is 10.9 Å². The molecule has 0 spiro atoms. The second kappa shape index (κ2) is 6.43. The van der Waals surface area contributed by atoms with E-state index in [1.807, 2.05) is 19.1 Å². The van der Waals surface area contributed by atoms with E-state index in [4.69, 9.17) is 9.47 Å². The van der Waals surface area contributed by atoms with Crippen molar-refractivity contribution in [1.82, 2.24) is 10.3 Å². The number of pyridine rings is 1. The van der Waals surface area contributed by atoms with E-state index in [1.54, 1.807) is 12.1 Å². The summed E-state index contributed by atoms with van der Waals surface area (Å²) in [6.45, 7) is 3.32. The van der Waals surface area contributed by atoms with Crippen molar-refractivity contribution >= 4 is 32.7 Å². The summed E-state index contributed by atoms with van der Waals surface area (Å²) in [6.07, 6.45) is 0.524. The predicted octanol–water partition coefficient (Wildman–Crippen LogP) is 2.17. The van der Waals surface area contributed by atoms with Crippen LogP contribution in [0.3, 0.4) is 0 Å². The lowest BCUT2D eigenvalue weighted by Gasteiger charge is -2.22. The molecule has 0 unspecified atom stereocenters. The highest BCUT2D eigenvalue weighted by Crippen LogP contribution is 2.21. The van der Waals surface area contributed by atoms with Gasteiger partial charge in [0.15, 0.2) is 5.79 Å². The Hall–Kier alpha value is -1.70. The molecule has 1 amide bonds. The zero-order valence-electron chi connectivity index (χ0n) is 12.6. The fraction of sp³-hybridized carbons (Fsp3) is 0.375. The largest absolute Gasteiger partial charge is 0.352 e. The minimum absolute atomic E-state index is 0.0917. The second-order valence-electron chi connectivity index (χ2n) is 5.58. The van der Waals surface area contributed by atoms with Crippen molar-refractivity contribution in [1.29, 1.82) is 0 Å². The number of benzene rings is 1. The fourth-order valence-corrected chi connectivity index (χ4v) is 2.92. The van der Waals surface area contributed by atoms with Crippen LogP contribution in [-0.2, 0) is 9.47 Å². The highest BCUT2D eigenvalue weighted by Gasteiger charge is 2.30. The topological polar surface area (TPSA) is 80.4 Å². The lowest BCUT2D eigenvalue weighted by molar-refractivity contribution is -0.145. The van der Waals surface area contributed by atoms with E-state index in [0.29, 0.717) is 31.7 Å². The van der Waals surface area contributed by atoms with Gasteiger partial charge in [0.2, 0.25) is 0 Å². The summed E-state index contributed by atoms with van der Waals surface area (Å²) in [5.74, 6) is -1.07. The Morgan fingerprint density at radius 1 is 1.35 bits per heavy atom. The molecule has 1 fully saturated rings. The van der Waals surface area contributed by atoms with Crippen molar-refractivity contribution in [3.63, 3.8) is 0 Å². The summed E-state index contributed by atoms with van der Waals surface area (Å²) in [5, 5.41) is 3.53. The number of carbonyl (C=O) groups is 1. The molecule has 0 saturated carbocycles. The van der Waals surface area contributed by atoms with E-state index < -0.39 is 17.3 Å². The molecule has 0 atom stereocenters. The average molecular weight is 381 g/mol. The van der Waals surface area contributed by atoms with Crippen LogP contribution < -0.4 is 10.9 Å². The molecule has 2 heterocycles. The number of carbonyl (C=O) groups excluding carboxylic acids is 1. The number of nitrogens with one attached hydrogen (secondary N) is 2. The highest BCUT2D eigenvalue weighted by atomic mass is 79.9. The van der Waals surface area contributed by atoms with Crippen LogP contribution in [0.1, 0.15) is 23.7 Å². The lowest BCUT2D eigenvalue weighted by Crippen LogP contribution is -2.35. The summed E-state index contributed by atoms with van der Waals surface area (Å²) in [6, 6.07) is 7.07. The van der Waals surface area contributed by atoms with Crippen molar-refractivity contribution in [3.8, 4) is 0 Å². The molecular weight excluding hydrogens is 364 g/mol. The predicted molar refractivity (Wildman–Crippen MR) is 89.5 cm³/mol. The maximum atomic E-state index is 12.2. The van der Waals surface area contributed by atoms with Gasteiger partial charge in [-0.3, -0.25) is 9.59 Å². The zero-order chi connectivity index (χ0) is 16.4. The van der Waals surface area contributed by atoms with Gasteiger partial charge in [0.1, 0.15) is 5.56 Å². The molecule has 23 heavy (non-hydrogen) atoms. The Balaban J connectivity index is 1.72. The molecule has 1 saturated heterocycles. The van der Waals surface area contributed by atoms with Gasteiger partial charge in [-0.2, -0.15) is 0 Å². The van der Waals surface area contributed by atoms with Crippen LogP contribution in [-0.4, -0.2) is 36.4 Å². The summed E-state index contributed by atoms with van der Waals surface area (Å²) in [5.41, 5.74) is 0.376. The van der Waals surface area contributed by atoms with Crippen molar-refractivity contribution in [2.45, 2.75) is 19.1 Å². The van der Waals surface area contributed by atoms with Crippen molar-refractivity contribution in [2.24, 2.45) is 0 Å².